The number of hydrogen-bond donors (Lipinski definition) is 1. The van der Waals surface area contributed by atoms with E-state index < -0.39 is 17.7 Å². The van der Waals surface area contributed by atoms with Gasteiger partial charge in [0.2, 0.25) is 5.13 Å². The summed E-state index contributed by atoms with van der Waals surface area (Å²) in [5.74, 6) is -1.26. The van der Waals surface area contributed by atoms with Crippen LogP contribution in [0.4, 0.5) is 5.13 Å². The van der Waals surface area contributed by atoms with Gasteiger partial charge in [-0.3, -0.25) is 14.5 Å². The molecule has 40 heavy (non-hydrogen) atoms. The van der Waals surface area contributed by atoms with Gasteiger partial charge in [-0.15, -0.1) is 10.2 Å². The second-order valence-electron chi connectivity index (χ2n) is 9.28. The fourth-order valence-corrected chi connectivity index (χ4v) is 6.69. The van der Waals surface area contributed by atoms with Crippen LogP contribution in [0, 0.1) is 13.8 Å². The van der Waals surface area contributed by atoms with Crippen LogP contribution in [0.5, 0.6) is 0 Å². The molecule has 4 heterocycles. The number of aromatic nitrogens is 4. The molecule has 5 aromatic rings. The Balaban J connectivity index is 1.41. The van der Waals surface area contributed by atoms with Crippen LogP contribution < -0.4 is 4.90 Å². The van der Waals surface area contributed by atoms with Gasteiger partial charge in [-0.1, -0.05) is 83.2 Å². The quantitative estimate of drug-likeness (QED) is 0.0809. The molecule has 0 saturated carbocycles. The van der Waals surface area contributed by atoms with E-state index in [1.54, 1.807) is 0 Å². The number of halogens is 1. The van der Waals surface area contributed by atoms with E-state index in [0.29, 0.717) is 32.0 Å². The largest absolute Gasteiger partial charge is 0.505 e. The third kappa shape index (κ3) is 4.57. The molecule has 0 bridgehead atoms. The minimum atomic E-state index is -0.895. The highest BCUT2D eigenvalue weighted by Crippen LogP contribution is 2.44. The van der Waals surface area contributed by atoms with Crippen molar-refractivity contribution in [3.05, 3.63) is 112 Å². The highest BCUT2D eigenvalue weighted by molar-refractivity contribution is 8.00. The first-order valence-corrected chi connectivity index (χ1v) is 14.5. The minimum Gasteiger partial charge on any atom is -0.505 e. The standard InChI is InChI=1S/C29H22ClN5O3S2/c1-16-7-6-14-34-17(2)22(31-26(16)34)24(36)21-23(19-8-4-3-5-9-19)35(27(38)25(21)37)28-32-33-29(40-28)39-15-18-10-12-20(30)13-11-18/h3-14,23,36H,15H2,1-2H3. The van der Waals surface area contributed by atoms with Crippen molar-refractivity contribution in [1.29, 1.82) is 0 Å². The molecule has 6 rings (SSSR count). The Hall–Kier alpha value is -3.99. The van der Waals surface area contributed by atoms with Crippen molar-refractivity contribution in [2.75, 3.05) is 4.90 Å². The van der Waals surface area contributed by atoms with Crippen molar-refractivity contribution in [2.24, 2.45) is 0 Å². The van der Waals surface area contributed by atoms with Crippen LogP contribution in [0.25, 0.3) is 11.4 Å². The van der Waals surface area contributed by atoms with Crippen molar-refractivity contribution in [2.45, 2.75) is 30.0 Å². The predicted octanol–water partition coefficient (Wildman–Crippen LogP) is 6.37. The van der Waals surface area contributed by atoms with Gasteiger partial charge in [0.05, 0.1) is 17.3 Å². The van der Waals surface area contributed by atoms with Crippen LogP contribution in [0.3, 0.4) is 0 Å². The summed E-state index contributed by atoms with van der Waals surface area (Å²) in [6.07, 6.45) is 1.85. The number of anilines is 1. The van der Waals surface area contributed by atoms with E-state index in [-0.39, 0.29) is 22.2 Å². The summed E-state index contributed by atoms with van der Waals surface area (Å²) >= 11 is 8.68. The van der Waals surface area contributed by atoms with E-state index in [1.807, 2.05) is 91.2 Å². The van der Waals surface area contributed by atoms with Crippen LogP contribution in [0.15, 0.2) is 82.8 Å². The number of imidazole rings is 1. The zero-order valence-electron chi connectivity index (χ0n) is 21.4. The lowest BCUT2D eigenvalue weighted by Gasteiger charge is -2.22. The molecule has 1 aliphatic rings. The Kier molecular flexibility index (Phi) is 6.91. The molecule has 1 atom stereocenters. The zero-order valence-corrected chi connectivity index (χ0v) is 23.8. The number of ketones is 1. The van der Waals surface area contributed by atoms with E-state index in [9.17, 15) is 14.7 Å². The van der Waals surface area contributed by atoms with E-state index >= 15 is 0 Å². The molecule has 1 amide bonds. The number of carbonyl (C=O) groups is 2. The van der Waals surface area contributed by atoms with E-state index in [0.717, 1.165) is 11.1 Å². The Morgan fingerprint density at radius 1 is 1.02 bits per heavy atom. The van der Waals surface area contributed by atoms with Gasteiger partial charge < -0.3 is 9.51 Å². The summed E-state index contributed by atoms with van der Waals surface area (Å²) < 4.78 is 2.50. The Morgan fingerprint density at radius 3 is 2.50 bits per heavy atom. The Morgan fingerprint density at radius 2 is 1.77 bits per heavy atom. The van der Waals surface area contributed by atoms with E-state index in [2.05, 4.69) is 15.2 Å². The first kappa shape index (κ1) is 26.2. The van der Waals surface area contributed by atoms with Gasteiger partial charge in [-0.2, -0.15) is 0 Å². The lowest BCUT2D eigenvalue weighted by molar-refractivity contribution is -0.132. The molecule has 8 nitrogen and oxygen atoms in total. The number of aryl methyl sites for hydroxylation is 2. The third-order valence-electron chi connectivity index (χ3n) is 6.75. The normalized spacial score (nSPS) is 16.8. The molecule has 1 aliphatic heterocycles. The van der Waals surface area contributed by atoms with Crippen molar-refractivity contribution in [1.82, 2.24) is 19.6 Å². The van der Waals surface area contributed by atoms with Crippen LogP contribution in [0.1, 0.15) is 34.1 Å². The monoisotopic (exact) mass is 587 g/mol. The minimum absolute atomic E-state index is 0.0362. The Bertz CT molecular complexity index is 1800. The van der Waals surface area contributed by atoms with Crippen LogP contribution >= 0.6 is 34.7 Å². The van der Waals surface area contributed by atoms with Crippen molar-refractivity contribution in [3.63, 3.8) is 0 Å². The molecular formula is C29H22ClN5O3S2. The molecule has 0 aliphatic carbocycles. The van der Waals surface area contributed by atoms with Gasteiger partial charge in [-0.05, 0) is 48.7 Å². The summed E-state index contributed by atoms with van der Waals surface area (Å²) in [5.41, 5.74) is 4.18. The second kappa shape index (κ2) is 10.5. The number of amides is 1. The predicted molar refractivity (Wildman–Crippen MR) is 157 cm³/mol. The van der Waals surface area contributed by atoms with Crippen molar-refractivity contribution >= 4 is 62.9 Å². The number of aliphatic hydroxyl groups excluding tert-OH is 1. The molecule has 3 aromatic heterocycles. The fraction of sp³-hybridized carbons (Fsp3) is 0.138. The molecule has 0 radical (unpaired) electrons. The summed E-state index contributed by atoms with van der Waals surface area (Å²) in [4.78, 5) is 33.0. The first-order valence-electron chi connectivity index (χ1n) is 12.3. The Labute approximate surface area is 243 Å². The second-order valence-corrected chi connectivity index (χ2v) is 11.9. The van der Waals surface area contributed by atoms with E-state index in [4.69, 9.17) is 11.6 Å². The molecular weight excluding hydrogens is 566 g/mol. The molecule has 200 valence electrons. The number of hydrogen-bond acceptors (Lipinski definition) is 8. The van der Waals surface area contributed by atoms with Crippen LogP contribution in [0.2, 0.25) is 5.02 Å². The lowest BCUT2D eigenvalue weighted by Crippen LogP contribution is -2.29. The number of carbonyl (C=O) groups excluding carboxylic acids is 2. The van der Waals surface area contributed by atoms with Gasteiger partial charge in [0.15, 0.2) is 10.1 Å². The molecule has 1 saturated heterocycles. The van der Waals surface area contributed by atoms with Crippen LogP contribution in [-0.2, 0) is 15.3 Å². The number of pyridine rings is 1. The molecule has 1 N–H and O–H groups in total. The molecule has 1 fully saturated rings. The highest BCUT2D eigenvalue weighted by Gasteiger charge is 2.48. The number of nitrogens with zero attached hydrogens (tertiary/aromatic N) is 5. The van der Waals surface area contributed by atoms with Gasteiger partial charge >= 0.3 is 5.91 Å². The summed E-state index contributed by atoms with van der Waals surface area (Å²) in [6, 6.07) is 19.6. The topological polar surface area (TPSA) is 101 Å². The lowest BCUT2D eigenvalue weighted by atomic mass is 9.96. The number of fused-ring (bicyclic) bond motifs is 1. The number of aliphatic hydroxyl groups is 1. The summed E-state index contributed by atoms with van der Waals surface area (Å²) in [6.45, 7) is 3.74. The SMILES string of the molecule is Cc1cccn2c(C)c(C(O)=C3C(=O)C(=O)N(c4nnc(SCc5ccc(Cl)cc5)s4)C3c3ccccc3)nc12. The maximum absolute atomic E-state index is 13.5. The van der Waals surface area contributed by atoms with Gasteiger partial charge in [-0.25, -0.2) is 4.98 Å². The molecule has 1 unspecified atom stereocenters. The summed E-state index contributed by atoms with van der Waals surface area (Å²) in [7, 11) is 0. The fourth-order valence-electron chi connectivity index (χ4n) is 4.74. The average molecular weight is 588 g/mol. The van der Waals surface area contributed by atoms with Crippen LogP contribution in [-0.4, -0.2) is 36.4 Å². The number of Topliss-reactive ketones (excluding diaryl/α,β-unsaturated/α-hetero) is 1. The smallest absolute Gasteiger partial charge is 0.301 e. The molecule has 0 spiro atoms. The molecule has 11 heteroatoms. The number of benzene rings is 2. The van der Waals surface area contributed by atoms with Crippen molar-refractivity contribution < 1.29 is 14.7 Å². The third-order valence-corrected chi connectivity index (χ3v) is 9.12. The summed E-state index contributed by atoms with van der Waals surface area (Å²) in [5, 5.41) is 21.0. The number of rotatable bonds is 6. The average Bonchev–Trinajstić information content (AvgIpc) is 3.64. The number of thioether (sulfide) groups is 1. The zero-order chi connectivity index (χ0) is 28.0. The maximum Gasteiger partial charge on any atom is 0.301 e. The van der Waals surface area contributed by atoms with Gasteiger partial charge in [0.25, 0.3) is 5.78 Å². The van der Waals surface area contributed by atoms with Gasteiger partial charge in [0, 0.05) is 17.0 Å². The maximum atomic E-state index is 13.5. The van der Waals surface area contributed by atoms with Gasteiger partial charge in [0.1, 0.15) is 11.3 Å². The van der Waals surface area contributed by atoms with Crippen molar-refractivity contribution in [3.8, 4) is 0 Å². The highest BCUT2D eigenvalue weighted by atomic mass is 35.5. The first-order chi connectivity index (χ1) is 19.3. The molecule has 2 aromatic carbocycles. The van der Waals surface area contributed by atoms with E-state index in [1.165, 1.54) is 28.0 Å².